The molecule has 1 heterocycles. The first-order chi connectivity index (χ1) is 6.50. The van der Waals surface area contributed by atoms with E-state index in [1.54, 1.807) is 7.05 Å². The molecule has 0 aliphatic carbocycles. The lowest BCUT2D eigenvalue weighted by Crippen LogP contribution is -2.44. The number of amides is 3. The van der Waals surface area contributed by atoms with Crippen LogP contribution in [0.2, 0.25) is 0 Å². The fourth-order valence-corrected chi connectivity index (χ4v) is 1.44. The van der Waals surface area contributed by atoms with Gasteiger partial charge in [-0.2, -0.15) is 0 Å². The molecule has 3 amide bonds. The molecule has 14 heavy (non-hydrogen) atoms. The molecule has 1 aliphatic heterocycles. The third-order valence-electron chi connectivity index (χ3n) is 2.16. The zero-order valence-corrected chi connectivity index (χ0v) is 8.83. The van der Waals surface area contributed by atoms with Crippen LogP contribution in [0, 0.1) is 5.92 Å². The van der Waals surface area contributed by atoms with Gasteiger partial charge < -0.3 is 15.5 Å². The number of carbonyl (C=O) groups excluding carboxylic acids is 2. The van der Waals surface area contributed by atoms with Gasteiger partial charge >= 0.3 is 6.03 Å². The second-order valence-electron chi connectivity index (χ2n) is 4.03. The summed E-state index contributed by atoms with van der Waals surface area (Å²) in [5.74, 6) is 0.354. The van der Waals surface area contributed by atoms with Crippen molar-refractivity contribution >= 4 is 11.9 Å². The molecule has 5 heteroatoms. The molecule has 0 aromatic carbocycles. The summed E-state index contributed by atoms with van der Waals surface area (Å²) < 4.78 is 0. The molecule has 0 spiro atoms. The predicted octanol–water partition coefficient (Wildman–Crippen LogP) is 0.130. The Kier molecular flexibility index (Phi) is 3.33. The van der Waals surface area contributed by atoms with Gasteiger partial charge in [-0.1, -0.05) is 13.8 Å². The molecule has 1 aliphatic rings. The molecule has 0 radical (unpaired) electrons. The minimum atomic E-state index is -0.387. The molecular weight excluding hydrogens is 182 g/mol. The smallest absolute Gasteiger partial charge is 0.316 e. The average Bonchev–Trinajstić information content (AvgIpc) is 2.19. The lowest BCUT2D eigenvalue weighted by molar-refractivity contribution is -0.131. The maximum Gasteiger partial charge on any atom is 0.316 e. The molecule has 1 atom stereocenters. The summed E-state index contributed by atoms with van der Waals surface area (Å²) in [6.45, 7) is 4.33. The lowest BCUT2D eigenvalue weighted by Gasteiger charge is -2.20. The Morgan fingerprint density at radius 3 is 2.71 bits per heavy atom. The quantitative estimate of drug-likeness (QED) is 0.664. The minimum Gasteiger partial charge on any atom is -0.326 e. The molecule has 0 unspecified atom stereocenters. The van der Waals surface area contributed by atoms with E-state index in [9.17, 15) is 9.59 Å². The number of rotatable bonds is 2. The fraction of sp³-hybridized carbons (Fsp3) is 0.778. The summed E-state index contributed by atoms with van der Waals surface area (Å²) >= 11 is 0. The monoisotopic (exact) mass is 199 g/mol. The summed E-state index contributed by atoms with van der Waals surface area (Å²) in [5.41, 5.74) is 0. The van der Waals surface area contributed by atoms with Gasteiger partial charge in [0.2, 0.25) is 5.91 Å². The highest BCUT2D eigenvalue weighted by atomic mass is 16.2. The molecule has 1 rings (SSSR count). The van der Waals surface area contributed by atoms with Crippen LogP contribution >= 0.6 is 0 Å². The second-order valence-corrected chi connectivity index (χ2v) is 4.03. The van der Waals surface area contributed by atoms with Gasteiger partial charge in [0.25, 0.3) is 0 Å². The van der Waals surface area contributed by atoms with Crippen LogP contribution in [0.5, 0.6) is 0 Å². The molecule has 2 N–H and O–H groups in total. The Morgan fingerprint density at radius 2 is 2.14 bits per heavy atom. The number of hydrogen-bond donors (Lipinski definition) is 2. The number of likely N-dealkylation sites (N-methyl/N-ethyl adjacent to an activating group) is 1. The molecule has 0 aromatic rings. The Bertz CT molecular complexity index is 240. The van der Waals surface area contributed by atoms with Crippen molar-refractivity contribution in [3.8, 4) is 0 Å². The van der Waals surface area contributed by atoms with Crippen molar-refractivity contribution in [2.45, 2.75) is 26.3 Å². The maximum absolute atomic E-state index is 11.7. The summed E-state index contributed by atoms with van der Waals surface area (Å²) in [6.07, 6.45) is 0.677. The van der Waals surface area contributed by atoms with E-state index in [1.807, 2.05) is 13.8 Å². The van der Waals surface area contributed by atoms with E-state index in [4.69, 9.17) is 0 Å². The maximum atomic E-state index is 11.7. The summed E-state index contributed by atoms with van der Waals surface area (Å²) in [5, 5.41) is 5.23. The first-order valence-electron chi connectivity index (χ1n) is 4.80. The molecule has 5 nitrogen and oxygen atoms in total. The van der Waals surface area contributed by atoms with Crippen LogP contribution in [0.4, 0.5) is 4.79 Å². The molecule has 0 saturated carbocycles. The highest BCUT2D eigenvalue weighted by Gasteiger charge is 2.27. The van der Waals surface area contributed by atoms with Crippen molar-refractivity contribution in [1.82, 2.24) is 15.5 Å². The minimum absolute atomic E-state index is 0.0305. The second kappa shape index (κ2) is 4.30. The molecule has 1 fully saturated rings. The van der Waals surface area contributed by atoms with Crippen molar-refractivity contribution in [3.05, 3.63) is 0 Å². The zero-order valence-electron chi connectivity index (χ0n) is 8.83. The van der Waals surface area contributed by atoms with E-state index < -0.39 is 0 Å². The van der Waals surface area contributed by atoms with Gasteiger partial charge in [0.1, 0.15) is 6.04 Å². The standard InChI is InChI=1S/C9H17N3O2/c1-6(2)4-7-8(13)12(3)5-10-9(14)11-7/h6-7H,4-5H2,1-3H3,(H2,10,11,14)/t7-/m0/s1. The van der Waals surface area contributed by atoms with Crippen LogP contribution in [-0.4, -0.2) is 36.6 Å². The van der Waals surface area contributed by atoms with Crippen molar-refractivity contribution in [2.24, 2.45) is 5.92 Å². The Morgan fingerprint density at radius 1 is 1.50 bits per heavy atom. The highest BCUT2D eigenvalue weighted by Crippen LogP contribution is 2.08. The van der Waals surface area contributed by atoms with Crippen LogP contribution in [-0.2, 0) is 4.79 Å². The average molecular weight is 199 g/mol. The molecule has 80 valence electrons. The molecule has 0 bridgehead atoms. The predicted molar refractivity (Wildman–Crippen MR) is 52.5 cm³/mol. The largest absolute Gasteiger partial charge is 0.326 e. The van der Waals surface area contributed by atoms with Gasteiger partial charge in [0.15, 0.2) is 0 Å². The van der Waals surface area contributed by atoms with Gasteiger partial charge in [-0.25, -0.2) is 4.79 Å². The highest BCUT2D eigenvalue weighted by molar-refractivity contribution is 5.88. The topological polar surface area (TPSA) is 61.4 Å². The third-order valence-corrected chi connectivity index (χ3v) is 2.16. The van der Waals surface area contributed by atoms with E-state index in [2.05, 4.69) is 10.6 Å². The van der Waals surface area contributed by atoms with Gasteiger partial charge in [0, 0.05) is 7.05 Å². The van der Waals surface area contributed by atoms with E-state index in [-0.39, 0.29) is 24.6 Å². The Balaban J connectivity index is 2.68. The van der Waals surface area contributed by atoms with Crippen molar-refractivity contribution in [3.63, 3.8) is 0 Å². The number of nitrogens with zero attached hydrogens (tertiary/aromatic N) is 1. The Hall–Kier alpha value is -1.26. The van der Waals surface area contributed by atoms with Crippen LogP contribution in [0.15, 0.2) is 0 Å². The van der Waals surface area contributed by atoms with Gasteiger partial charge in [-0.3, -0.25) is 4.79 Å². The first-order valence-corrected chi connectivity index (χ1v) is 4.80. The lowest BCUT2D eigenvalue weighted by atomic mass is 10.0. The summed E-state index contributed by atoms with van der Waals surface area (Å²) in [6, 6.07) is -0.657. The van der Waals surface area contributed by atoms with E-state index in [1.165, 1.54) is 4.90 Å². The summed E-state index contributed by atoms with van der Waals surface area (Å²) in [4.78, 5) is 24.4. The fourth-order valence-electron chi connectivity index (χ4n) is 1.44. The van der Waals surface area contributed by atoms with E-state index in [0.29, 0.717) is 12.3 Å². The van der Waals surface area contributed by atoms with Crippen LogP contribution in [0.25, 0.3) is 0 Å². The number of nitrogens with one attached hydrogen (secondary N) is 2. The number of urea groups is 1. The molecular formula is C9H17N3O2. The van der Waals surface area contributed by atoms with Crippen LogP contribution in [0.1, 0.15) is 20.3 Å². The SMILES string of the molecule is CC(C)C[C@@H]1NC(=O)NCN(C)C1=O. The van der Waals surface area contributed by atoms with Crippen LogP contribution in [0.3, 0.4) is 0 Å². The van der Waals surface area contributed by atoms with Crippen molar-refractivity contribution in [2.75, 3.05) is 13.7 Å². The van der Waals surface area contributed by atoms with Gasteiger partial charge in [-0.15, -0.1) is 0 Å². The number of carbonyl (C=O) groups is 2. The number of hydrogen-bond acceptors (Lipinski definition) is 2. The third kappa shape index (κ3) is 2.61. The molecule has 1 saturated heterocycles. The Labute approximate surface area is 83.8 Å². The van der Waals surface area contributed by atoms with E-state index in [0.717, 1.165) is 0 Å². The van der Waals surface area contributed by atoms with Crippen molar-refractivity contribution in [1.29, 1.82) is 0 Å². The normalized spacial score (nSPS) is 23.1. The van der Waals surface area contributed by atoms with Crippen LogP contribution < -0.4 is 10.6 Å². The van der Waals surface area contributed by atoms with E-state index >= 15 is 0 Å². The molecule has 0 aromatic heterocycles. The van der Waals surface area contributed by atoms with Gasteiger partial charge in [-0.05, 0) is 12.3 Å². The zero-order chi connectivity index (χ0) is 10.7. The van der Waals surface area contributed by atoms with Crippen molar-refractivity contribution < 1.29 is 9.59 Å². The summed E-state index contributed by atoms with van der Waals surface area (Å²) in [7, 11) is 1.68. The first kappa shape index (κ1) is 10.8. The van der Waals surface area contributed by atoms with Gasteiger partial charge in [0.05, 0.1) is 6.67 Å².